The minimum atomic E-state index is -0.243. The van der Waals surface area contributed by atoms with E-state index in [1.807, 2.05) is 24.3 Å². The molecule has 0 saturated heterocycles. The van der Waals surface area contributed by atoms with Gasteiger partial charge in [-0.1, -0.05) is 12.1 Å². The lowest BCUT2D eigenvalue weighted by Crippen LogP contribution is -2.12. The zero-order valence-corrected chi connectivity index (χ0v) is 12.8. The van der Waals surface area contributed by atoms with Gasteiger partial charge in [-0.15, -0.1) is 0 Å². The molecule has 4 nitrogen and oxygen atoms in total. The van der Waals surface area contributed by atoms with Gasteiger partial charge in [0.25, 0.3) is 0 Å². The van der Waals surface area contributed by atoms with Crippen molar-refractivity contribution in [2.75, 3.05) is 7.11 Å². The second kappa shape index (κ2) is 7.07. The maximum Gasteiger partial charge on any atom is 0.123 e. The Kier molecular flexibility index (Phi) is 4.68. The van der Waals surface area contributed by atoms with Gasteiger partial charge < -0.3 is 10.1 Å². The van der Waals surface area contributed by atoms with Gasteiger partial charge in [-0.05, 0) is 42.0 Å². The van der Waals surface area contributed by atoms with Crippen molar-refractivity contribution in [2.24, 2.45) is 0 Å². The van der Waals surface area contributed by atoms with Crippen LogP contribution in [0, 0.1) is 5.82 Å². The largest absolute Gasteiger partial charge is 0.497 e. The number of methoxy groups -OCH3 is 1. The van der Waals surface area contributed by atoms with Crippen LogP contribution in [0.3, 0.4) is 0 Å². The number of hydrogen-bond acceptors (Lipinski definition) is 3. The average Bonchev–Trinajstić information content (AvgIpc) is 3.05. The van der Waals surface area contributed by atoms with E-state index < -0.39 is 0 Å². The third-order valence-corrected chi connectivity index (χ3v) is 3.65. The molecule has 2 aromatic carbocycles. The van der Waals surface area contributed by atoms with E-state index in [4.69, 9.17) is 4.74 Å². The molecule has 0 atom stereocenters. The number of halogens is 1. The van der Waals surface area contributed by atoms with E-state index in [-0.39, 0.29) is 5.82 Å². The van der Waals surface area contributed by atoms with Crippen molar-refractivity contribution in [1.82, 2.24) is 15.5 Å². The Bertz CT molecular complexity index is 751. The molecule has 0 saturated carbocycles. The summed E-state index contributed by atoms with van der Waals surface area (Å²) in [5.74, 6) is 0.606. The second-order valence-electron chi connectivity index (χ2n) is 5.23. The van der Waals surface area contributed by atoms with Gasteiger partial charge >= 0.3 is 0 Å². The van der Waals surface area contributed by atoms with E-state index in [0.717, 1.165) is 29.1 Å². The number of hydrogen-bond donors (Lipinski definition) is 2. The number of aromatic amines is 1. The molecule has 1 aromatic heterocycles. The highest BCUT2D eigenvalue weighted by Crippen LogP contribution is 2.21. The second-order valence-corrected chi connectivity index (χ2v) is 5.23. The fourth-order valence-electron chi connectivity index (χ4n) is 2.40. The van der Waals surface area contributed by atoms with Crippen LogP contribution in [-0.4, -0.2) is 17.3 Å². The van der Waals surface area contributed by atoms with Crippen molar-refractivity contribution in [2.45, 2.75) is 13.1 Å². The van der Waals surface area contributed by atoms with Gasteiger partial charge in [0.15, 0.2) is 0 Å². The predicted octanol–water partition coefficient (Wildman–Crippen LogP) is 3.51. The molecule has 0 aliphatic carbocycles. The molecule has 0 radical (unpaired) electrons. The van der Waals surface area contributed by atoms with Crippen LogP contribution in [0.25, 0.3) is 11.3 Å². The minimum absolute atomic E-state index is 0.243. The molecule has 23 heavy (non-hydrogen) atoms. The monoisotopic (exact) mass is 311 g/mol. The third kappa shape index (κ3) is 3.76. The predicted molar refractivity (Wildman–Crippen MR) is 87.5 cm³/mol. The number of H-pyrrole nitrogens is 1. The fraction of sp³-hybridized carbons (Fsp3) is 0.167. The Morgan fingerprint density at radius 2 is 1.78 bits per heavy atom. The lowest BCUT2D eigenvalue weighted by Gasteiger charge is -2.07. The van der Waals surface area contributed by atoms with Gasteiger partial charge in [-0.25, -0.2) is 4.39 Å². The molecule has 0 bridgehead atoms. The first-order chi connectivity index (χ1) is 11.3. The first-order valence-electron chi connectivity index (χ1n) is 7.38. The van der Waals surface area contributed by atoms with E-state index in [1.54, 1.807) is 25.4 Å². The highest BCUT2D eigenvalue weighted by molar-refractivity contribution is 5.62. The van der Waals surface area contributed by atoms with E-state index in [2.05, 4.69) is 15.5 Å². The van der Waals surface area contributed by atoms with Gasteiger partial charge in [0.05, 0.1) is 19.0 Å². The standard InChI is InChI=1S/C18H18FN3O/c1-23-17-8-2-13(3-9-17)10-20-11-15-12-21-22-18(15)14-4-6-16(19)7-5-14/h2-9,12,20H,10-11H2,1H3,(H,21,22). The van der Waals surface area contributed by atoms with Gasteiger partial charge in [0, 0.05) is 24.2 Å². The van der Waals surface area contributed by atoms with E-state index in [0.29, 0.717) is 6.54 Å². The van der Waals surface area contributed by atoms with Crippen molar-refractivity contribution >= 4 is 0 Å². The van der Waals surface area contributed by atoms with Crippen LogP contribution in [-0.2, 0) is 13.1 Å². The summed E-state index contributed by atoms with van der Waals surface area (Å²) in [6.07, 6.45) is 1.79. The maximum atomic E-state index is 13.0. The van der Waals surface area contributed by atoms with Crippen molar-refractivity contribution in [1.29, 1.82) is 0 Å². The van der Waals surface area contributed by atoms with Crippen LogP contribution >= 0.6 is 0 Å². The number of ether oxygens (including phenoxy) is 1. The van der Waals surface area contributed by atoms with Crippen LogP contribution in [0.5, 0.6) is 5.75 Å². The molecule has 118 valence electrons. The van der Waals surface area contributed by atoms with Crippen molar-refractivity contribution in [3.8, 4) is 17.0 Å². The molecular formula is C18H18FN3O. The Morgan fingerprint density at radius 1 is 1.04 bits per heavy atom. The molecule has 0 fully saturated rings. The summed E-state index contributed by atoms with van der Waals surface area (Å²) in [5, 5.41) is 10.5. The number of benzene rings is 2. The van der Waals surface area contributed by atoms with Gasteiger partial charge in [0.2, 0.25) is 0 Å². The summed E-state index contributed by atoms with van der Waals surface area (Å²) in [4.78, 5) is 0. The normalized spacial score (nSPS) is 10.7. The van der Waals surface area contributed by atoms with Crippen LogP contribution in [0.2, 0.25) is 0 Å². The summed E-state index contributed by atoms with van der Waals surface area (Å²) in [6, 6.07) is 14.3. The minimum Gasteiger partial charge on any atom is -0.497 e. The summed E-state index contributed by atoms with van der Waals surface area (Å²) >= 11 is 0. The molecule has 0 aliphatic heterocycles. The number of aromatic nitrogens is 2. The highest BCUT2D eigenvalue weighted by atomic mass is 19.1. The van der Waals surface area contributed by atoms with Gasteiger partial charge in [-0.2, -0.15) is 5.10 Å². The Hall–Kier alpha value is -2.66. The quantitative estimate of drug-likeness (QED) is 0.732. The van der Waals surface area contributed by atoms with E-state index in [9.17, 15) is 4.39 Å². The van der Waals surface area contributed by atoms with Crippen LogP contribution in [0.4, 0.5) is 4.39 Å². The molecule has 0 amide bonds. The number of nitrogens with zero attached hydrogens (tertiary/aromatic N) is 1. The molecular weight excluding hydrogens is 293 g/mol. The van der Waals surface area contributed by atoms with Crippen molar-refractivity contribution in [3.63, 3.8) is 0 Å². The van der Waals surface area contributed by atoms with Crippen LogP contribution < -0.4 is 10.1 Å². The summed E-state index contributed by atoms with van der Waals surface area (Å²) in [5.41, 5.74) is 4.06. The van der Waals surface area contributed by atoms with Crippen LogP contribution in [0.1, 0.15) is 11.1 Å². The molecule has 0 spiro atoms. The Morgan fingerprint density at radius 3 is 2.48 bits per heavy atom. The van der Waals surface area contributed by atoms with Gasteiger partial charge in [0.1, 0.15) is 11.6 Å². The number of rotatable bonds is 6. The van der Waals surface area contributed by atoms with Crippen LogP contribution in [0.15, 0.2) is 54.7 Å². The first-order valence-corrected chi connectivity index (χ1v) is 7.38. The summed E-state index contributed by atoms with van der Waals surface area (Å²) in [7, 11) is 1.66. The molecule has 0 aliphatic rings. The average molecular weight is 311 g/mol. The fourth-order valence-corrected chi connectivity index (χ4v) is 2.40. The smallest absolute Gasteiger partial charge is 0.123 e. The first kappa shape index (κ1) is 15.2. The SMILES string of the molecule is COc1ccc(CNCc2cn[nH]c2-c2ccc(F)cc2)cc1. The highest BCUT2D eigenvalue weighted by Gasteiger charge is 2.07. The van der Waals surface area contributed by atoms with E-state index in [1.165, 1.54) is 17.7 Å². The Labute approximate surface area is 134 Å². The maximum absolute atomic E-state index is 13.0. The Balaban J connectivity index is 1.62. The molecule has 3 rings (SSSR count). The van der Waals surface area contributed by atoms with Crippen molar-refractivity contribution in [3.05, 3.63) is 71.7 Å². The lowest BCUT2D eigenvalue weighted by atomic mass is 10.1. The topological polar surface area (TPSA) is 49.9 Å². The molecule has 5 heteroatoms. The number of nitrogens with one attached hydrogen (secondary N) is 2. The van der Waals surface area contributed by atoms with Crippen molar-refractivity contribution < 1.29 is 9.13 Å². The summed E-state index contributed by atoms with van der Waals surface area (Å²) in [6.45, 7) is 1.42. The lowest BCUT2D eigenvalue weighted by molar-refractivity contribution is 0.414. The molecule has 0 unspecified atom stereocenters. The molecule has 3 aromatic rings. The zero-order chi connectivity index (χ0) is 16.1. The van der Waals surface area contributed by atoms with E-state index >= 15 is 0 Å². The van der Waals surface area contributed by atoms with Gasteiger partial charge in [-0.3, -0.25) is 5.10 Å². The molecule has 1 heterocycles. The molecule has 2 N–H and O–H groups in total. The summed E-state index contributed by atoms with van der Waals surface area (Å²) < 4.78 is 18.2. The third-order valence-electron chi connectivity index (χ3n) is 3.65. The zero-order valence-electron chi connectivity index (χ0n) is 12.8.